The van der Waals surface area contributed by atoms with E-state index in [1.54, 1.807) is 7.11 Å². The van der Waals surface area contributed by atoms with Crippen molar-refractivity contribution in [2.45, 2.75) is 6.61 Å². The van der Waals surface area contributed by atoms with Crippen molar-refractivity contribution in [2.75, 3.05) is 21.3 Å². The van der Waals surface area contributed by atoms with Crippen molar-refractivity contribution in [1.29, 1.82) is 0 Å². The van der Waals surface area contributed by atoms with Gasteiger partial charge in [-0.1, -0.05) is 0 Å². The van der Waals surface area contributed by atoms with Gasteiger partial charge in [-0.3, -0.25) is 0 Å². The number of aromatic nitrogens is 1. The van der Waals surface area contributed by atoms with Crippen LogP contribution in [0.4, 0.5) is 0 Å². The maximum absolute atomic E-state index is 11.8. The van der Waals surface area contributed by atoms with Crippen LogP contribution in [0.2, 0.25) is 0 Å². The Morgan fingerprint density at radius 2 is 1.52 bits per heavy atom. The Morgan fingerprint density at radius 1 is 0.897 bits per heavy atom. The molecule has 8 heteroatoms. The van der Waals surface area contributed by atoms with Crippen LogP contribution >= 0.6 is 0 Å². The van der Waals surface area contributed by atoms with E-state index in [1.807, 2.05) is 24.3 Å². The summed E-state index contributed by atoms with van der Waals surface area (Å²) < 4.78 is 25.7. The van der Waals surface area contributed by atoms with Crippen LogP contribution in [-0.4, -0.2) is 38.3 Å². The third-order valence-corrected chi connectivity index (χ3v) is 4.02. The molecule has 0 aliphatic carbocycles. The molecule has 0 fully saturated rings. The Kier molecular flexibility index (Phi) is 6.13. The van der Waals surface area contributed by atoms with Crippen LogP contribution in [0.15, 0.2) is 53.1 Å². The summed E-state index contributed by atoms with van der Waals surface area (Å²) in [7, 11) is 4.10. The van der Waals surface area contributed by atoms with E-state index in [-0.39, 0.29) is 17.7 Å². The van der Waals surface area contributed by atoms with Crippen molar-refractivity contribution in [3.05, 3.63) is 65.5 Å². The molecule has 0 amide bonds. The van der Waals surface area contributed by atoms with Gasteiger partial charge in [-0.05, 0) is 42.5 Å². The molecular weight excluding hydrogens is 378 g/mol. The minimum absolute atomic E-state index is 0.0743. The zero-order valence-corrected chi connectivity index (χ0v) is 16.1. The number of ether oxygens (including phenoxy) is 4. The molecule has 1 heterocycles. The topological polar surface area (TPSA) is 97.1 Å². The van der Waals surface area contributed by atoms with E-state index in [0.717, 1.165) is 11.3 Å². The van der Waals surface area contributed by atoms with Gasteiger partial charge in [0.25, 0.3) is 0 Å². The highest BCUT2D eigenvalue weighted by atomic mass is 16.5. The minimum Gasteiger partial charge on any atom is -0.497 e. The number of oxazole rings is 1. The van der Waals surface area contributed by atoms with Gasteiger partial charge in [0, 0.05) is 5.56 Å². The van der Waals surface area contributed by atoms with Gasteiger partial charge < -0.3 is 23.4 Å². The predicted molar refractivity (Wildman–Crippen MR) is 102 cm³/mol. The first-order valence-corrected chi connectivity index (χ1v) is 8.57. The third kappa shape index (κ3) is 4.73. The number of rotatable bonds is 7. The Labute approximate surface area is 167 Å². The van der Waals surface area contributed by atoms with Gasteiger partial charge in [0.05, 0.1) is 32.5 Å². The fourth-order valence-corrected chi connectivity index (χ4v) is 2.55. The monoisotopic (exact) mass is 397 g/mol. The molecule has 2 aromatic carbocycles. The second kappa shape index (κ2) is 8.92. The van der Waals surface area contributed by atoms with E-state index < -0.39 is 11.9 Å². The molecule has 0 aliphatic rings. The van der Waals surface area contributed by atoms with Crippen molar-refractivity contribution >= 4 is 11.9 Å². The van der Waals surface area contributed by atoms with Crippen LogP contribution < -0.4 is 9.47 Å². The summed E-state index contributed by atoms with van der Waals surface area (Å²) in [5.41, 5.74) is 1.67. The molecule has 0 N–H and O–H groups in total. The molecule has 0 aliphatic heterocycles. The molecule has 3 rings (SSSR count). The summed E-state index contributed by atoms with van der Waals surface area (Å²) in [4.78, 5) is 28.1. The standard InChI is InChI=1S/C21H19NO7/c1-25-17-6-4-13(5-7-17)19-22-16(12-29-19)11-28-18-9-14(20(23)26-2)8-15(10-18)21(24)27-3/h4-10,12H,11H2,1-3H3. The molecular formula is C21H19NO7. The van der Waals surface area contributed by atoms with Gasteiger partial charge in [0.1, 0.15) is 30.1 Å². The summed E-state index contributed by atoms with van der Waals surface area (Å²) >= 11 is 0. The molecule has 0 bridgehead atoms. The first-order valence-electron chi connectivity index (χ1n) is 8.57. The maximum Gasteiger partial charge on any atom is 0.338 e. The van der Waals surface area contributed by atoms with Crippen LogP contribution in [0.25, 0.3) is 11.5 Å². The summed E-state index contributed by atoms with van der Waals surface area (Å²) in [6.07, 6.45) is 1.48. The van der Waals surface area contributed by atoms with Gasteiger partial charge in [-0.25, -0.2) is 14.6 Å². The first kappa shape index (κ1) is 19.9. The SMILES string of the molecule is COC(=O)c1cc(OCc2coc(-c3ccc(OC)cc3)n2)cc(C(=O)OC)c1. The molecule has 0 saturated carbocycles. The molecule has 0 saturated heterocycles. The lowest BCUT2D eigenvalue weighted by atomic mass is 10.1. The van der Waals surface area contributed by atoms with Crippen molar-refractivity contribution < 1.29 is 33.0 Å². The van der Waals surface area contributed by atoms with Crippen molar-refractivity contribution in [2.24, 2.45) is 0 Å². The van der Waals surface area contributed by atoms with Crippen LogP contribution in [0.1, 0.15) is 26.4 Å². The molecule has 29 heavy (non-hydrogen) atoms. The highest BCUT2D eigenvalue weighted by molar-refractivity contribution is 5.96. The predicted octanol–water partition coefficient (Wildman–Crippen LogP) is 3.50. The lowest BCUT2D eigenvalue weighted by Gasteiger charge is -2.09. The third-order valence-electron chi connectivity index (χ3n) is 4.02. The van der Waals surface area contributed by atoms with Crippen LogP contribution in [0.5, 0.6) is 11.5 Å². The van der Waals surface area contributed by atoms with Gasteiger partial charge in [-0.15, -0.1) is 0 Å². The molecule has 1 aromatic heterocycles. The summed E-state index contributed by atoms with van der Waals surface area (Å²) in [5, 5.41) is 0. The highest BCUT2D eigenvalue weighted by Gasteiger charge is 2.15. The number of methoxy groups -OCH3 is 3. The first-order chi connectivity index (χ1) is 14.0. The quantitative estimate of drug-likeness (QED) is 0.559. The number of carbonyl (C=O) groups excluding carboxylic acids is 2. The van der Waals surface area contributed by atoms with Gasteiger partial charge in [-0.2, -0.15) is 0 Å². The summed E-state index contributed by atoms with van der Waals surface area (Å²) in [5.74, 6) is 0.274. The van der Waals surface area contributed by atoms with E-state index >= 15 is 0 Å². The van der Waals surface area contributed by atoms with Crippen molar-refractivity contribution in [3.8, 4) is 23.0 Å². The van der Waals surface area contributed by atoms with E-state index in [1.165, 1.54) is 38.7 Å². The zero-order chi connectivity index (χ0) is 20.8. The molecule has 0 unspecified atom stereocenters. The average Bonchev–Trinajstić information content (AvgIpc) is 3.25. The summed E-state index contributed by atoms with van der Waals surface area (Å²) in [6.45, 7) is 0.0743. The minimum atomic E-state index is -0.594. The molecule has 8 nitrogen and oxygen atoms in total. The number of hydrogen-bond acceptors (Lipinski definition) is 8. The lowest BCUT2D eigenvalue weighted by Crippen LogP contribution is -2.08. The number of benzene rings is 2. The molecule has 150 valence electrons. The molecule has 0 atom stereocenters. The van der Waals surface area contributed by atoms with Crippen LogP contribution in [0, 0.1) is 0 Å². The van der Waals surface area contributed by atoms with Crippen molar-refractivity contribution in [3.63, 3.8) is 0 Å². The fourth-order valence-electron chi connectivity index (χ4n) is 2.55. The smallest absolute Gasteiger partial charge is 0.338 e. The summed E-state index contributed by atoms with van der Waals surface area (Å²) in [6, 6.07) is 11.6. The Bertz CT molecular complexity index is 974. The van der Waals surface area contributed by atoms with Gasteiger partial charge in [0.2, 0.25) is 5.89 Å². The molecule has 0 spiro atoms. The van der Waals surface area contributed by atoms with Crippen molar-refractivity contribution in [1.82, 2.24) is 4.98 Å². The number of esters is 2. The highest BCUT2D eigenvalue weighted by Crippen LogP contribution is 2.23. The number of carbonyl (C=O) groups is 2. The van der Waals surface area contributed by atoms with E-state index in [9.17, 15) is 9.59 Å². The Hall–Kier alpha value is -3.81. The molecule has 0 radical (unpaired) electrons. The van der Waals surface area contributed by atoms with Gasteiger partial charge in [0.15, 0.2) is 0 Å². The molecule has 3 aromatic rings. The van der Waals surface area contributed by atoms with E-state index in [2.05, 4.69) is 4.98 Å². The number of hydrogen-bond donors (Lipinski definition) is 0. The van der Waals surface area contributed by atoms with E-state index in [0.29, 0.717) is 17.3 Å². The lowest BCUT2D eigenvalue weighted by molar-refractivity contribution is 0.0598. The number of nitrogens with zero attached hydrogens (tertiary/aromatic N) is 1. The maximum atomic E-state index is 11.8. The van der Waals surface area contributed by atoms with E-state index in [4.69, 9.17) is 23.4 Å². The van der Waals surface area contributed by atoms with Crippen LogP contribution in [-0.2, 0) is 16.1 Å². The Morgan fingerprint density at radius 3 is 2.07 bits per heavy atom. The second-order valence-electron chi connectivity index (χ2n) is 5.89. The van der Waals surface area contributed by atoms with Gasteiger partial charge >= 0.3 is 11.9 Å². The second-order valence-corrected chi connectivity index (χ2v) is 5.89. The largest absolute Gasteiger partial charge is 0.497 e. The fraction of sp³-hybridized carbons (Fsp3) is 0.190. The normalized spacial score (nSPS) is 10.3. The zero-order valence-electron chi connectivity index (χ0n) is 16.1. The average molecular weight is 397 g/mol. The van der Waals surface area contributed by atoms with Crippen LogP contribution in [0.3, 0.4) is 0 Å². The Balaban J connectivity index is 1.76.